The third kappa shape index (κ3) is 2.38. The Balaban J connectivity index is 1.89. The summed E-state index contributed by atoms with van der Waals surface area (Å²) in [7, 11) is 0. The molecule has 0 saturated carbocycles. The highest BCUT2D eigenvalue weighted by atomic mass is 32.1. The molecule has 3 nitrogen and oxygen atoms in total. The van der Waals surface area contributed by atoms with Crippen LogP contribution >= 0.6 is 11.3 Å². The van der Waals surface area contributed by atoms with Gasteiger partial charge in [0.25, 0.3) is 0 Å². The maximum absolute atomic E-state index is 12.5. The molecular weight excluding hydrogens is 291 g/mol. The summed E-state index contributed by atoms with van der Waals surface area (Å²) in [5.41, 5.74) is 1.51. The number of thiazole rings is 1. The molecule has 1 aromatic heterocycles. The van der Waals surface area contributed by atoms with Crippen molar-refractivity contribution in [1.29, 1.82) is 0 Å². The summed E-state index contributed by atoms with van der Waals surface area (Å²) >= 11 is 0.459. The Bertz CT molecular complexity index is 639. The van der Waals surface area contributed by atoms with E-state index >= 15 is 0 Å². The van der Waals surface area contributed by atoms with Crippen LogP contribution in [0.15, 0.2) is 24.4 Å². The molecule has 0 spiro atoms. The van der Waals surface area contributed by atoms with E-state index in [-0.39, 0.29) is 4.88 Å². The number of benzene rings is 1. The van der Waals surface area contributed by atoms with Gasteiger partial charge in [-0.2, -0.15) is 13.2 Å². The molecule has 1 aromatic carbocycles. The Morgan fingerprint density at radius 1 is 1.35 bits per heavy atom. The third-order valence-corrected chi connectivity index (χ3v) is 4.16. The van der Waals surface area contributed by atoms with E-state index in [2.05, 4.69) is 4.98 Å². The maximum atomic E-state index is 12.5. The average molecular weight is 301 g/mol. The fraction of sp³-hybridized carbons (Fsp3) is 0.308. The summed E-state index contributed by atoms with van der Waals surface area (Å²) in [6.07, 6.45) is -3.77. The third-order valence-electron chi connectivity index (χ3n) is 3.06. The van der Waals surface area contributed by atoms with Gasteiger partial charge in [0.05, 0.1) is 11.5 Å². The smallest absolute Gasteiger partial charge is 0.443 e. The van der Waals surface area contributed by atoms with E-state index in [1.165, 1.54) is 0 Å². The van der Waals surface area contributed by atoms with Gasteiger partial charge < -0.3 is 9.84 Å². The van der Waals surface area contributed by atoms with Crippen molar-refractivity contribution in [2.75, 3.05) is 6.61 Å². The summed E-state index contributed by atoms with van der Waals surface area (Å²) in [6.45, 7) is 0.591. The Morgan fingerprint density at radius 3 is 2.85 bits per heavy atom. The minimum absolute atomic E-state index is 0.177. The van der Waals surface area contributed by atoms with Crippen LogP contribution in [0.2, 0.25) is 0 Å². The second-order valence-corrected chi connectivity index (χ2v) is 5.50. The minimum atomic E-state index is -4.48. The molecule has 1 atom stereocenters. The molecule has 0 aliphatic carbocycles. The number of hydrogen-bond acceptors (Lipinski definition) is 4. The van der Waals surface area contributed by atoms with Crippen molar-refractivity contribution in [3.8, 4) is 5.75 Å². The van der Waals surface area contributed by atoms with Crippen molar-refractivity contribution in [3.63, 3.8) is 0 Å². The summed E-state index contributed by atoms with van der Waals surface area (Å²) in [6, 6.07) is 5.15. The number of aliphatic hydroxyl groups is 1. The molecule has 20 heavy (non-hydrogen) atoms. The second-order valence-electron chi connectivity index (χ2n) is 4.43. The molecule has 0 radical (unpaired) electrons. The van der Waals surface area contributed by atoms with Crippen LogP contribution in [0, 0.1) is 0 Å². The van der Waals surface area contributed by atoms with Crippen LogP contribution in [0.4, 0.5) is 13.2 Å². The molecule has 0 bridgehead atoms. The van der Waals surface area contributed by atoms with Gasteiger partial charge in [0.1, 0.15) is 11.9 Å². The molecule has 0 saturated heterocycles. The number of nitrogens with zero attached hydrogens (tertiary/aromatic N) is 1. The van der Waals surface area contributed by atoms with Gasteiger partial charge in [0.15, 0.2) is 5.01 Å². The molecule has 1 unspecified atom stereocenters. The van der Waals surface area contributed by atoms with Gasteiger partial charge in [0, 0.05) is 12.6 Å². The van der Waals surface area contributed by atoms with Gasteiger partial charge in [0.2, 0.25) is 0 Å². The molecule has 7 heteroatoms. The summed E-state index contributed by atoms with van der Waals surface area (Å²) in [5, 5.41) is 9.22. The van der Waals surface area contributed by atoms with Crippen molar-refractivity contribution in [2.24, 2.45) is 0 Å². The normalized spacial score (nSPS) is 15.8. The largest absolute Gasteiger partial charge is 0.493 e. The lowest BCUT2D eigenvalue weighted by Crippen LogP contribution is -2.03. The van der Waals surface area contributed by atoms with Crippen molar-refractivity contribution in [2.45, 2.75) is 18.7 Å². The molecule has 1 N–H and O–H groups in total. The zero-order valence-corrected chi connectivity index (χ0v) is 11.0. The van der Waals surface area contributed by atoms with Gasteiger partial charge in [-0.25, -0.2) is 4.98 Å². The van der Waals surface area contributed by atoms with Crippen LogP contribution in [0.1, 0.15) is 27.1 Å². The molecule has 3 rings (SSSR count). The maximum Gasteiger partial charge on any atom is 0.443 e. The Labute approximate surface area is 116 Å². The first-order valence-electron chi connectivity index (χ1n) is 5.92. The predicted octanol–water partition coefficient (Wildman–Crippen LogP) is 3.18. The van der Waals surface area contributed by atoms with Crippen LogP contribution in [0.3, 0.4) is 0 Å². The number of aliphatic hydroxyl groups excluding tert-OH is 1. The van der Waals surface area contributed by atoms with Crippen LogP contribution in [-0.2, 0) is 12.6 Å². The van der Waals surface area contributed by atoms with Crippen molar-refractivity contribution >= 4 is 11.3 Å². The lowest BCUT2D eigenvalue weighted by atomic mass is 10.0. The average Bonchev–Trinajstić information content (AvgIpc) is 3.05. The first-order valence-corrected chi connectivity index (χ1v) is 6.73. The van der Waals surface area contributed by atoms with E-state index in [0.29, 0.717) is 23.5 Å². The Kier molecular flexibility index (Phi) is 3.18. The van der Waals surface area contributed by atoms with Crippen molar-refractivity contribution < 1.29 is 23.0 Å². The number of rotatable bonds is 2. The number of hydrogen-bond donors (Lipinski definition) is 1. The predicted molar refractivity (Wildman–Crippen MR) is 66.8 cm³/mol. The molecule has 1 aliphatic heterocycles. The summed E-state index contributed by atoms with van der Waals surface area (Å²) in [5.74, 6) is 0.765. The molecule has 2 aromatic rings. The van der Waals surface area contributed by atoms with Gasteiger partial charge in [-0.15, -0.1) is 11.3 Å². The SMILES string of the molecule is OC(c1ccc2c(c1)CCO2)c1cnc(C(F)(F)F)s1. The summed E-state index contributed by atoms with van der Waals surface area (Å²) < 4.78 is 42.8. The lowest BCUT2D eigenvalue weighted by molar-refractivity contribution is -0.137. The molecule has 0 amide bonds. The van der Waals surface area contributed by atoms with E-state index in [1.807, 2.05) is 0 Å². The van der Waals surface area contributed by atoms with Crippen molar-refractivity contribution in [3.05, 3.63) is 45.4 Å². The van der Waals surface area contributed by atoms with Gasteiger partial charge in [-0.3, -0.25) is 0 Å². The first kappa shape index (κ1) is 13.4. The van der Waals surface area contributed by atoms with Gasteiger partial charge in [-0.1, -0.05) is 6.07 Å². The number of ether oxygens (including phenoxy) is 1. The van der Waals surface area contributed by atoms with E-state index < -0.39 is 17.3 Å². The summed E-state index contributed by atoms with van der Waals surface area (Å²) in [4.78, 5) is 3.49. The monoisotopic (exact) mass is 301 g/mol. The molecule has 106 valence electrons. The molecular formula is C13H10F3NO2S. The van der Waals surface area contributed by atoms with E-state index in [1.54, 1.807) is 18.2 Å². The van der Waals surface area contributed by atoms with E-state index in [9.17, 15) is 18.3 Å². The number of halogens is 3. The first-order chi connectivity index (χ1) is 9.45. The fourth-order valence-corrected chi connectivity index (χ4v) is 2.88. The second kappa shape index (κ2) is 4.75. The number of fused-ring (bicyclic) bond motifs is 1. The van der Waals surface area contributed by atoms with Gasteiger partial charge >= 0.3 is 6.18 Å². The fourth-order valence-electron chi connectivity index (χ4n) is 2.08. The Morgan fingerprint density at radius 2 is 2.15 bits per heavy atom. The van der Waals surface area contributed by atoms with Gasteiger partial charge in [-0.05, 0) is 23.3 Å². The van der Waals surface area contributed by atoms with Crippen LogP contribution in [0.5, 0.6) is 5.75 Å². The van der Waals surface area contributed by atoms with Crippen LogP contribution in [0.25, 0.3) is 0 Å². The topological polar surface area (TPSA) is 42.4 Å². The van der Waals surface area contributed by atoms with E-state index in [0.717, 1.165) is 23.9 Å². The standard InChI is InChI=1S/C13H10F3NO2S/c14-13(15,16)12-17-6-10(20-12)11(18)8-1-2-9-7(5-8)3-4-19-9/h1-2,5-6,11,18H,3-4H2. The molecule has 2 heterocycles. The van der Waals surface area contributed by atoms with E-state index in [4.69, 9.17) is 4.74 Å². The Hall–Kier alpha value is -1.60. The van der Waals surface area contributed by atoms with Crippen LogP contribution < -0.4 is 4.74 Å². The quantitative estimate of drug-likeness (QED) is 0.926. The highest BCUT2D eigenvalue weighted by molar-refractivity contribution is 7.11. The van der Waals surface area contributed by atoms with Crippen molar-refractivity contribution in [1.82, 2.24) is 4.98 Å². The highest BCUT2D eigenvalue weighted by Crippen LogP contribution is 2.37. The highest BCUT2D eigenvalue weighted by Gasteiger charge is 2.35. The zero-order chi connectivity index (χ0) is 14.3. The zero-order valence-electron chi connectivity index (χ0n) is 10.1. The number of aromatic nitrogens is 1. The molecule has 0 fully saturated rings. The number of alkyl halides is 3. The minimum Gasteiger partial charge on any atom is -0.493 e. The molecule has 1 aliphatic rings. The van der Waals surface area contributed by atoms with Crippen LogP contribution in [-0.4, -0.2) is 16.7 Å². The lowest BCUT2D eigenvalue weighted by Gasteiger charge is -2.10.